The monoisotopic (exact) mass is 305 g/mol. The number of aryl methyl sites for hydroxylation is 1. The number of halogens is 3. The van der Waals surface area contributed by atoms with Crippen LogP contribution in [-0.2, 0) is 11.0 Å². The molecule has 0 spiro atoms. The third-order valence-corrected chi connectivity index (χ3v) is 4.18. The Bertz CT molecular complexity index is 484. The number of nitrogens with zero attached hydrogens (tertiary/aromatic N) is 1. The maximum Gasteiger partial charge on any atom is 0.418 e. The number of hydrogen-bond acceptors (Lipinski definition) is 2. The molecule has 1 unspecified atom stereocenters. The lowest BCUT2D eigenvalue weighted by molar-refractivity contribution is -0.137. The molecule has 0 aliphatic rings. The van der Waals surface area contributed by atoms with Gasteiger partial charge in [0, 0.05) is 7.05 Å². The van der Waals surface area contributed by atoms with Gasteiger partial charge in [-0.05, 0) is 31.7 Å². The zero-order valence-electron chi connectivity index (χ0n) is 11.9. The zero-order chi connectivity index (χ0) is 15.5. The predicted octanol–water partition coefficient (Wildman–Crippen LogP) is 4.12. The molecule has 0 saturated carbocycles. The Kier molecular flexibility index (Phi) is 5.50. The highest BCUT2D eigenvalue weighted by Crippen LogP contribution is 2.37. The highest BCUT2D eigenvalue weighted by atomic mass is 32.2. The van der Waals surface area contributed by atoms with Crippen LogP contribution in [0.5, 0.6) is 0 Å². The number of rotatable bonds is 4. The van der Waals surface area contributed by atoms with E-state index in [4.69, 9.17) is 0 Å². The van der Waals surface area contributed by atoms with Gasteiger partial charge in [0.05, 0.1) is 16.5 Å². The summed E-state index contributed by atoms with van der Waals surface area (Å²) < 4.78 is 39.2. The van der Waals surface area contributed by atoms with Gasteiger partial charge in [0.25, 0.3) is 0 Å². The second-order valence-corrected chi connectivity index (χ2v) is 5.59. The van der Waals surface area contributed by atoms with Gasteiger partial charge in [-0.15, -0.1) is 0 Å². The van der Waals surface area contributed by atoms with Crippen LogP contribution in [0.15, 0.2) is 18.2 Å². The van der Waals surface area contributed by atoms with E-state index in [1.54, 1.807) is 19.2 Å². The molecule has 20 heavy (non-hydrogen) atoms. The largest absolute Gasteiger partial charge is 0.418 e. The lowest BCUT2D eigenvalue weighted by Gasteiger charge is -2.25. The normalized spacial score (nSPS) is 13.2. The van der Waals surface area contributed by atoms with Crippen LogP contribution in [0.2, 0.25) is 0 Å². The molecule has 0 radical (unpaired) electrons. The fraction of sp³-hybridized carbons (Fsp3) is 0.500. The Labute approximate surface area is 121 Å². The van der Waals surface area contributed by atoms with Crippen molar-refractivity contribution < 1.29 is 18.0 Å². The fourth-order valence-electron chi connectivity index (χ4n) is 1.95. The van der Waals surface area contributed by atoms with Crippen molar-refractivity contribution in [3.05, 3.63) is 29.3 Å². The van der Waals surface area contributed by atoms with E-state index >= 15 is 0 Å². The SMILES string of the molecule is CCC(SC)C(=O)N(C)c1ccc(C)cc1C(F)(F)F. The van der Waals surface area contributed by atoms with Gasteiger partial charge in [-0.25, -0.2) is 0 Å². The van der Waals surface area contributed by atoms with Crippen molar-refractivity contribution >= 4 is 23.4 Å². The minimum Gasteiger partial charge on any atom is -0.314 e. The van der Waals surface area contributed by atoms with Crippen molar-refractivity contribution in [2.75, 3.05) is 18.2 Å². The second kappa shape index (κ2) is 6.52. The van der Waals surface area contributed by atoms with Crippen LogP contribution in [0.3, 0.4) is 0 Å². The standard InChI is InChI=1S/C14H18F3NOS/c1-5-12(20-4)13(19)18(3)11-7-6-9(2)8-10(11)14(15,16)17/h6-8,12H,5H2,1-4H3. The molecule has 2 nitrogen and oxygen atoms in total. The molecular formula is C14H18F3NOS. The Balaban J connectivity index is 3.22. The summed E-state index contributed by atoms with van der Waals surface area (Å²) in [6.45, 7) is 3.43. The first-order valence-electron chi connectivity index (χ1n) is 6.20. The van der Waals surface area contributed by atoms with E-state index < -0.39 is 11.7 Å². The maximum absolute atomic E-state index is 13.1. The number of hydrogen-bond donors (Lipinski definition) is 0. The lowest BCUT2D eigenvalue weighted by Crippen LogP contribution is -2.35. The molecule has 0 aliphatic heterocycles. The van der Waals surface area contributed by atoms with Gasteiger partial charge < -0.3 is 4.90 Å². The summed E-state index contributed by atoms with van der Waals surface area (Å²) in [5.41, 5.74) is -0.358. The Morgan fingerprint density at radius 1 is 1.40 bits per heavy atom. The van der Waals surface area contributed by atoms with Crippen LogP contribution in [0.4, 0.5) is 18.9 Å². The minimum absolute atomic E-state index is 0.0967. The molecule has 0 N–H and O–H groups in total. The van der Waals surface area contributed by atoms with E-state index in [1.807, 2.05) is 6.92 Å². The summed E-state index contributed by atoms with van der Waals surface area (Å²) in [6.07, 6.45) is -2.12. The van der Waals surface area contributed by atoms with Crippen LogP contribution >= 0.6 is 11.8 Å². The van der Waals surface area contributed by atoms with Gasteiger partial charge in [0.1, 0.15) is 0 Å². The number of carbonyl (C=O) groups is 1. The first-order chi connectivity index (χ1) is 9.22. The van der Waals surface area contributed by atoms with Gasteiger partial charge >= 0.3 is 6.18 Å². The van der Waals surface area contributed by atoms with Crippen LogP contribution < -0.4 is 4.90 Å². The Morgan fingerprint density at radius 3 is 2.45 bits per heavy atom. The van der Waals surface area contributed by atoms with Crippen LogP contribution in [0, 0.1) is 6.92 Å². The minimum atomic E-state index is -4.48. The second-order valence-electron chi connectivity index (χ2n) is 4.55. The molecule has 1 aromatic carbocycles. The van der Waals surface area contributed by atoms with Gasteiger partial charge in [0.2, 0.25) is 5.91 Å². The maximum atomic E-state index is 13.1. The number of thioether (sulfide) groups is 1. The predicted molar refractivity (Wildman–Crippen MR) is 77.2 cm³/mol. The molecule has 112 valence electrons. The fourth-order valence-corrected chi connectivity index (χ4v) is 2.64. The molecule has 1 aromatic rings. The smallest absolute Gasteiger partial charge is 0.314 e. The quantitative estimate of drug-likeness (QED) is 0.834. The van der Waals surface area contributed by atoms with Crippen molar-refractivity contribution in [1.82, 2.24) is 0 Å². The summed E-state index contributed by atoms with van der Waals surface area (Å²) in [5, 5.41) is -0.331. The van der Waals surface area contributed by atoms with Crippen molar-refractivity contribution in [2.24, 2.45) is 0 Å². The number of anilines is 1. The summed E-state index contributed by atoms with van der Waals surface area (Å²) >= 11 is 1.35. The summed E-state index contributed by atoms with van der Waals surface area (Å²) in [7, 11) is 1.39. The molecule has 6 heteroatoms. The van der Waals surface area contributed by atoms with Crippen molar-refractivity contribution in [3.63, 3.8) is 0 Å². The number of benzene rings is 1. The van der Waals surface area contributed by atoms with E-state index in [-0.39, 0.29) is 16.8 Å². The van der Waals surface area contributed by atoms with Gasteiger partial charge in [-0.2, -0.15) is 24.9 Å². The van der Waals surface area contributed by atoms with Crippen molar-refractivity contribution in [3.8, 4) is 0 Å². The van der Waals surface area contributed by atoms with Crippen molar-refractivity contribution in [1.29, 1.82) is 0 Å². The molecule has 1 atom stereocenters. The van der Waals surface area contributed by atoms with Crippen molar-refractivity contribution in [2.45, 2.75) is 31.7 Å². The molecule has 0 aliphatic carbocycles. The first kappa shape index (κ1) is 16.9. The van der Waals surface area contributed by atoms with Crippen LogP contribution in [0.1, 0.15) is 24.5 Å². The average Bonchev–Trinajstić information content (AvgIpc) is 2.38. The summed E-state index contributed by atoms with van der Waals surface area (Å²) in [5.74, 6) is -0.311. The summed E-state index contributed by atoms with van der Waals surface area (Å²) in [6, 6.07) is 4.00. The number of carbonyl (C=O) groups excluding carboxylic acids is 1. The van der Waals surface area contributed by atoms with E-state index in [9.17, 15) is 18.0 Å². The molecule has 0 heterocycles. The van der Waals surface area contributed by atoms with Gasteiger partial charge in [-0.3, -0.25) is 4.79 Å². The third kappa shape index (κ3) is 3.69. The third-order valence-electron chi connectivity index (χ3n) is 3.08. The molecule has 1 amide bonds. The molecule has 0 fully saturated rings. The van der Waals surface area contributed by atoms with E-state index in [0.29, 0.717) is 12.0 Å². The number of amides is 1. The van der Waals surface area contributed by atoms with Gasteiger partial charge in [-0.1, -0.05) is 18.6 Å². The van der Waals surface area contributed by atoms with E-state index in [0.717, 1.165) is 11.0 Å². The highest BCUT2D eigenvalue weighted by molar-refractivity contribution is 7.99. The molecule has 0 aromatic heterocycles. The molecule has 0 saturated heterocycles. The molecular weight excluding hydrogens is 287 g/mol. The van der Waals surface area contributed by atoms with Crippen LogP contribution in [0.25, 0.3) is 0 Å². The Hall–Kier alpha value is -1.17. The Morgan fingerprint density at radius 2 is 2.00 bits per heavy atom. The van der Waals surface area contributed by atoms with E-state index in [1.165, 1.54) is 24.9 Å². The molecule has 0 bridgehead atoms. The first-order valence-corrected chi connectivity index (χ1v) is 7.49. The highest BCUT2D eigenvalue weighted by Gasteiger charge is 2.36. The zero-order valence-corrected chi connectivity index (χ0v) is 12.7. The van der Waals surface area contributed by atoms with Crippen LogP contribution in [-0.4, -0.2) is 24.5 Å². The van der Waals surface area contributed by atoms with E-state index in [2.05, 4.69) is 0 Å². The lowest BCUT2D eigenvalue weighted by atomic mass is 10.1. The average molecular weight is 305 g/mol. The number of alkyl halides is 3. The topological polar surface area (TPSA) is 20.3 Å². The summed E-state index contributed by atoms with van der Waals surface area (Å²) in [4.78, 5) is 13.3. The molecule has 1 rings (SSSR count). The van der Waals surface area contributed by atoms with Gasteiger partial charge in [0.15, 0.2) is 0 Å².